The summed E-state index contributed by atoms with van der Waals surface area (Å²) >= 11 is 0. The minimum atomic E-state index is -2.46. The Hall–Kier alpha value is -1.08. The molecule has 0 aliphatic rings. The Morgan fingerprint density at radius 1 is 1.50 bits per heavy atom. The van der Waals surface area contributed by atoms with Crippen LogP contribution in [0.4, 0.5) is 8.78 Å². The molecule has 0 radical (unpaired) electrons. The molecule has 1 unspecified atom stereocenters. The molecule has 1 aromatic heterocycles. The summed E-state index contributed by atoms with van der Waals surface area (Å²) in [4.78, 5) is 4.06. The van der Waals surface area contributed by atoms with E-state index in [-0.39, 0.29) is 6.61 Å². The Balaban J connectivity index is 2.26. The van der Waals surface area contributed by atoms with Gasteiger partial charge in [0, 0.05) is 19.6 Å². The Kier molecular flexibility index (Phi) is 6.74. The molecule has 0 saturated carbocycles. The molecule has 1 heterocycles. The quantitative estimate of drug-likeness (QED) is 0.681. The van der Waals surface area contributed by atoms with E-state index >= 15 is 0 Å². The maximum Gasteiger partial charge on any atom is 0.261 e. The van der Waals surface area contributed by atoms with Crippen molar-refractivity contribution in [2.45, 2.75) is 45.3 Å². The first-order valence-corrected chi connectivity index (χ1v) is 6.04. The molecule has 7 heteroatoms. The standard InChI is InChI=1S/C11H19F2N3O2/c1-2-4-16-11(14-8-15-16)6-9(17)3-5-18-7-10(12)13/h8-10,17H,2-7H2,1H3. The third-order valence-electron chi connectivity index (χ3n) is 2.39. The average molecular weight is 263 g/mol. The molecule has 0 saturated heterocycles. The summed E-state index contributed by atoms with van der Waals surface area (Å²) in [5.41, 5.74) is 0. The van der Waals surface area contributed by atoms with Gasteiger partial charge in [0.25, 0.3) is 6.43 Å². The van der Waals surface area contributed by atoms with Gasteiger partial charge in [-0.2, -0.15) is 5.10 Å². The van der Waals surface area contributed by atoms with Gasteiger partial charge in [-0.3, -0.25) is 4.68 Å². The molecule has 5 nitrogen and oxygen atoms in total. The van der Waals surface area contributed by atoms with E-state index in [1.165, 1.54) is 6.33 Å². The molecule has 18 heavy (non-hydrogen) atoms. The minimum absolute atomic E-state index is 0.118. The van der Waals surface area contributed by atoms with Crippen LogP contribution in [0.1, 0.15) is 25.6 Å². The van der Waals surface area contributed by atoms with Crippen LogP contribution in [-0.4, -0.2) is 45.6 Å². The van der Waals surface area contributed by atoms with Crippen LogP contribution in [0.3, 0.4) is 0 Å². The minimum Gasteiger partial charge on any atom is -0.393 e. The first-order chi connectivity index (χ1) is 8.63. The van der Waals surface area contributed by atoms with Crippen LogP contribution >= 0.6 is 0 Å². The molecule has 1 rings (SSSR count). The van der Waals surface area contributed by atoms with E-state index in [4.69, 9.17) is 4.74 Å². The van der Waals surface area contributed by atoms with E-state index in [2.05, 4.69) is 10.1 Å². The van der Waals surface area contributed by atoms with E-state index in [1.807, 2.05) is 6.92 Å². The number of aliphatic hydroxyl groups excluding tert-OH is 1. The van der Waals surface area contributed by atoms with Gasteiger partial charge in [0.1, 0.15) is 18.8 Å². The number of alkyl halides is 2. The van der Waals surface area contributed by atoms with Crippen molar-refractivity contribution in [3.05, 3.63) is 12.2 Å². The van der Waals surface area contributed by atoms with Crippen molar-refractivity contribution in [2.75, 3.05) is 13.2 Å². The lowest BCUT2D eigenvalue weighted by Crippen LogP contribution is -2.18. The average Bonchev–Trinajstić information content (AvgIpc) is 2.72. The monoisotopic (exact) mass is 263 g/mol. The van der Waals surface area contributed by atoms with Gasteiger partial charge in [0.05, 0.1) is 6.10 Å². The molecule has 0 aliphatic heterocycles. The van der Waals surface area contributed by atoms with Crippen LogP contribution in [0.5, 0.6) is 0 Å². The highest BCUT2D eigenvalue weighted by molar-refractivity contribution is 4.87. The summed E-state index contributed by atoms with van der Waals surface area (Å²) in [7, 11) is 0. The van der Waals surface area contributed by atoms with Crippen molar-refractivity contribution < 1.29 is 18.6 Å². The number of ether oxygens (including phenoxy) is 1. The molecule has 104 valence electrons. The summed E-state index contributed by atoms with van der Waals surface area (Å²) in [5, 5.41) is 13.8. The van der Waals surface area contributed by atoms with Gasteiger partial charge in [-0.25, -0.2) is 13.8 Å². The number of aromatic nitrogens is 3. The van der Waals surface area contributed by atoms with Gasteiger partial charge in [0.2, 0.25) is 0 Å². The zero-order valence-corrected chi connectivity index (χ0v) is 10.4. The summed E-state index contributed by atoms with van der Waals surface area (Å²) in [6.07, 6.45) is -0.0594. The fraction of sp³-hybridized carbons (Fsp3) is 0.818. The summed E-state index contributed by atoms with van der Waals surface area (Å²) < 4.78 is 30.0. The Labute approximate surface area is 105 Å². The molecule has 0 aliphatic carbocycles. The molecule has 1 atom stereocenters. The first-order valence-electron chi connectivity index (χ1n) is 6.04. The van der Waals surface area contributed by atoms with Crippen LogP contribution in [0.25, 0.3) is 0 Å². The number of nitrogens with zero attached hydrogens (tertiary/aromatic N) is 3. The molecule has 0 aromatic carbocycles. The predicted molar refractivity (Wildman–Crippen MR) is 61.5 cm³/mol. The molecule has 1 aromatic rings. The first kappa shape index (κ1) is 15.0. The van der Waals surface area contributed by atoms with E-state index < -0.39 is 19.1 Å². The third-order valence-corrected chi connectivity index (χ3v) is 2.39. The van der Waals surface area contributed by atoms with Crippen LogP contribution in [0, 0.1) is 0 Å². The topological polar surface area (TPSA) is 60.2 Å². The summed E-state index contributed by atoms with van der Waals surface area (Å²) in [6, 6.07) is 0. The van der Waals surface area contributed by atoms with Crippen LogP contribution < -0.4 is 0 Å². The normalized spacial score (nSPS) is 13.2. The van der Waals surface area contributed by atoms with Gasteiger partial charge < -0.3 is 9.84 Å². The smallest absolute Gasteiger partial charge is 0.261 e. The van der Waals surface area contributed by atoms with Gasteiger partial charge in [-0.15, -0.1) is 0 Å². The molecule has 0 fully saturated rings. The van der Waals surface area contributed by atoms with Crippen molar-refractivity contribution in [3.63, 3.8) is 0 Å². The van der Waals surface area contributed by atoms with Gasteiger partial charge in [0.15, 0.2) is 0 Å². The number of aryl methyl sites for hydroxylation is 1. The largest absolute Gasteiger partial charge is 0.393 e. The third kappa shape index (κ3) is 5.50. The van der Waals surface area contributed by atoms with E-state index in [0.717, 1.165) is 13.0 Å². The summed E-state index contributed by atoms with van der Waals surface area (Å²) in [5.74, 6) is 0.707. The number of halogens is 2. The van der Waals surface area contributed by atoms with E-state index in [1.54, 1.807) is 4.68 Å². The van der Waals surface area contributed by atoms with Crippen molar-refractivity contribution in [1.82, 2.24) is 14.8 Å². The van der Waals surface area contributed by atoms with Gasteiger partial charge in [-0.05, 0) is 12.8 Å². The number of hydrogen-bond acceptors (Lipinski definition) is 4. The van der Waals surface area contributed by atoms with Crippen molar-refractivity contribution in [1.29, 1.82) is 0 Å². The van der Waals surface area contributed by atoms with Crippen molar-refractivity contribution in [2.24, 2.45) is 0 Å². The van der Waals surface area contributed by atoms with Crippen LogP contribution in [0.15, 0.2) is 6.33 Å². The van der Waals surface area contributed by atoms with Gasteiger partial charge in [-0.1, -0.05) is 6.92 Å². The number of hydrogen-bond donors (Lipinski definition) is 1. The zero-order valence-electron chi connectivity index (χ0n) is 10.4. The molecule has 0 amide bonds. The second kappa shape index (κ2) is 8.10. The Morgan fingerprint density at radius 3 is 2.94 bits per heavy atom. The number of rotatable bonds is 9. The zero-order chi connectivity index (χ0) is 13.4. The predicted octanol–water partition coefficient (Wildman–Crippen LogP) is 1.26. The van der Waals surface area contributed by atoms with E-state index in [0.29, 0.717) is 18.7 Å². The lowest BCUT2D eigenvalue weighted by Gasteiger charge is -2.11. The molecule has 1 N–H and O–H groups in total. The fourth-order valence-corrected chi connectivity index (χ4v) is 1.55. The maximum atomic E-state index is 11.8. The molecular weight excluding hydrogens is 244 g/mol. The second-order valence-corrected chi connectivity index (χ2v) is 4.01. The Morgan fingerprint density at radius 2 is 2.28 bits per heavy atom. The van der Waals surface area contributed by atoms with E-state index in [9.17, 15) is 13.9 Å². The Bertz CT molecular complexity index is 334. The van der Waals surface area contributed by atoms with Gasteiger partial charge >= 0.3 is 0 Å². The highest BCUT2D eigenvalue weighted by Crippen LogP contribution is 2.04. The van der Waals surface area contributed by atoms with Crippen LogP contribution in [0.2, 0.25) is 0 Å². The molecule has 0 bridgehead atoms. The van der Waals surface area contributed by atoms with Crippen molar-refractivity contribution in [3.8, 4) is 0 Å². The lowest BCUT2D eigenvalue weighted by molar-refractivity contribution is 0.00485. The lowest BCUT2D eigenvalue weighted by atomic mass is 10.2. The second-order valence-electron chi connectivity index (χ2n) is 4.01. The highest BCUT2D eigenvalue weighted by atomic mass is 19.3. The SMILES string of the molecule is CCCn1ncnc1CC(O)CCOCC(F)F. The molecular formula is C11H19F2N3O2. The van der Waals surface area contributed by atoms with Crippen molar-refractivity contribution >= 4 is 0 Å². The fourth-order valence-electron chi connectivity index (χ4n) is 1.55. The van der Waals surface area contributed by atoms with Crippen LogP contribution in [-0.2, 0) is 17.7 Å². The number of aliphatic hydroxyl groups is 1. The molecule has 0 spiro atoms. The highest BCUT2D eigenvalue weighted by Gasteiger charge is 2.11. The maximum absolute atomic E-state index is 11.8. The summed E-state index contributed by atoms with van der Waals surface area (Å²) in [6.45, 7) is 2.32.